The van der Waals surface area contributed by atoms with Gasteiger partial charge in [-0.1, -0.05) is 12.1 Å². The number of carbonyl (C=O) groups excluding carboxylic acids is 1. The molecule has 0 spiro atoms. The van der Waals surface area contributed by atoms with Gasteiger partial charge in [0.2, 0.25) is 0 Å². The summed E-state index contributed by atoms with van der Waals surface area (Å²) in [5.41, 5.74) is 5.91. The Morgan fingerprint density at radius 2 is 1.89 bits per heavy atom. The summed E-state index contributed by atoms with van der Waals surface area (Å²) in [6.07, 6.45) is 0.821. The zero-order valence-electron chi connectivity index (χ0n) is 12.1. The van der Waals surface area contributed by atoms with Crippen molar-refractivity contribution in [2.45, 2.75) is 45.8 Å². The molecule has 0 aromatic heterocycles. The van der Waals surface area contributed by atoms with Crippen LogP contribution < -0.4 is 10.5 Å². The van der Waals surface area contributed by atoms with E-state index in [1.165, 1.54) is 0 Å². The molecule has 0 radical (unpaired) electrons. The van der Waals surface area contributed by atoms with Crippen LogP contribution in [0.1, 0.15) is 33.3 Å². The Balaban J connectivity index is 2.69. The van der Waals surface area contributed by atoms with Crippen molar-refractivity contribution in [3.05, 3.63) is 29.8 Å². The van der Waals surface area contributed by atoms with Crippen LogP contribution >= 0.6 is 0 Å². The Bertz CT molecular complexity index is 410. The smallest absolute Gasteiger partial charge is 0.349 e. The molecule has 0 aliphatic carbocycles. The van der Waals surface area contributed by atoms with E-state index in [2.05, 4.69) is 0 Å². The zero-order chi connectivity index (χ0) is 14.5. The van der Waals surface area contributed by atoms with Crippen molar-refractivity contribution >= 4 is 5.97 Å². The van der Waals surface area contributed by atoms with Gasteiger partial charge in [-0.2, -0.15) is 0 Å². The third-order valence-corrected chi connectivity index (χ3v) is 2.62. The van der Waals surface area contributed by atoms with Crippen molar-refractivity contribution < 1.29 is 14.3 Å². The zero-order valence-corrected chi connectivity index (χ0v) is 12.1. The number of hydrogen-bond donors (Lipinski definition) is 1. The van der Waals surface area contributed by atoms with E-state index >= 15 is 0 Å². The highest BCUT2D eigenvalue weighted by Gasteiger charge is 2.31. The van der Waals surface area contributed by atoms with E-state index in [4.69, 9.17) is 15.2 Å². The maximum absolute atomic E-state index is 11.7. The first-order valence-corrected chi connectivity index (χ1v) is 6.56. The second-order valence-corrected chi connectivity index (χ2v) is 5.16. The minimum absolute atomic E-state index is 0.128. The fourth-order valence-corrected chi connectivity index (χ4v) is 1.71. The van der Waals surface area contributed by atoms with Gasteiger partial charge in [-0.05, 0) is 51.8 Å². The van der Waals surface area contributed by atoms with Gasteiger partial charge in [0.1, 0.15) is 5.75 Å². The molecule has 0 saturated carbocycles. The Morgan fingerprint density at radius 3 is 2.37 bits per heavy atom. The summed E-state index contributed by atoms with van der Waals surface area (Å²) in [5.74, 6) is 0.279. The first kappa shape index (κ1) is 15.5. The third kappa shape index (κ3) is 4.91. The van der Waals surface area contributed by atoms with Crippen LogP contribution in [0.25, 0.3) is 0 Å². The summed E-state index contributed by atoms with van der Waals surface area (Å²) in [6.45, 7) is 7.48. The molecule has 19 heavy (non-hydrogen) atoms. The van der Waals surface area contributed by atoms with Gasteiger partial charge in [-0.25, -0.2) is 4.79 Å². The lowest BCUT2D eigenvalue weighted by Gasteiger charge is -2.24. The molecular formula is C15H23NO3. The van der Waals surface area contributed by atoms with E-state index in [9.17, 15) is 4.79 Å². The predicted octanol–water partition coefficient (Wildman–Crippen LogP) is 2.30. The Kier molecular flexibility index (Phi) is 5.36. The largest absolute Gasteiger partial charge is 0.476 e. The standard InChI is InChI=1S/C15H23NO3/c1-5-18-14(17)15(3,4)19-13-8-6-12(7-9-13)10-11(2)16/h6-9,11H,5,10,16H2,1-4H3. The highest BCUT2D eigenvalue weighted by atomic mass is 16.6. The predicted molar refractivity (Wildman–Crippen MR) is 75.1 cm³/mol. The van der Waals surface area contributed by atoms with Crippen molar-refractivity contribution in [2.75, 3.05) is 6.61 Å². The van der Waals surface area contributed by atoms with Gasteiger partial charge < -0.3 is 15.2 Å². The summed E-state index contributed by atoms with van der Waals surface area (Å²) in [4.78, 5) is 11.7. The Hall–Kier alpha value is -1.55. The molecule has 4 heteroatoms. The molecule has 4 nitrogen and oxygen atoms in total. The highest BCUT2D eigenvalue weighted by Crippen LogP contribution is 2.20. The number of ether oxygens (including phenoxy) is 2. The lowest BCUT2D eigenvalue weighted by atomic mass is 10.1. The first-order valence-electron chi connectivity index (χ1n) is 6.56. The van der Waals surface area contributed by atoms with Crippen LogP contribution in [0, 0.1) is 0 Å². The molecule has 0 fully saturated rings. The number of nitrogens with two attached hydrogens (primary N) is 1. The summed E-state index contributed by atoms with van der Waals surface area (Å²) in [5, 5.41) is 0. The van der Waals surface area contributed by atoms with Crippen LogP contribution in [0.5, 0.6) is 5.75 Å². The minimum Gasteiger partial charge on any atom is -0.476 e. The number of esters is 1. The van der Waals surface area contributed by atoms with Crippen LogP contribution in [0.4, 0.5) is 0 Å². The van der Waals surface area contributed by atoms with Crippen molar-refractivity contribution in [2.24, 2.45) is 5.73 Å². The molecule has 0 bridgehead atoms. The van der Waals surface area contributed by atoms with Crippen LogP contribution in [-0.2, 0) is 16.0 Å². The van der Waals surface area contributed by atoms with E-state index in [-0.39, 0.29) is 12.0 Å². The summed E-state index contributed by atoms with van der Waals surface area (Å²) < 4.78 is 10.6. The number of hydrogen-bond acceptors (Lipinski definition) is 4. The van der Waals surface area contributed by atoms with E-state index in [1.54, 1.807) is 20.8 Å². The van der Waals surface area contributed by atoms with Gasteiger partial charge in [0.25, 0.3) is 0 Å². The third-order valence-electron chi connectivity index (χ3n) is 2.62. The monoisotopic (exact) mass is 265 g/mol. The maximum Gasteiger partial charge on any atom is 0.349 e. The molecule has 0 aliphatic heterocycles. The summed E-state index contributed by atoms with van der Waals surface area (Å²) in [7, 11) is 0. The number of carbonyl (C=O) groups is 1. The van der Waals surface area contributed by atoms with Gasteiger partial charge in [-0.15, -0.1) is 0 Å². The number of rotatable bonds is 6. The summed E-state index contributed by atoms with van der Waals surface area (Å²) >= 11 is 0. The van der Waals surface area contributed by atoms with E-state index in [0.717, 1.165) is 12.0 Å². The number of benzene rings is 1. The summed E-state index contributed by atoms with van der Waals surface area (Å²) in [6, 6.07) is 7.74. The second kappa shape index (κ2) is 6.57. The molecule has 1 unspecified atom stereocenters. The molecule has 0 saturated heterocycles. The van der Waals surface area contributed by atoms with Crippen LogP contribution in [-0.4, -0.2) is 24.2 Å². The fourth-order valence-electron chi connectivity index (χ4n) is 1.71. The average molecular weight is 265 g/mol. The molecule has 2 N–H and O–H groups in total. The van der Waals surface area contributed by atoms with E-state index < -0.39 is 5.60 Å². The Morgan fingerprint density at radius 1 is 1.32 bits per heavy atom. The van der Waals surface area contributed by atoms with E-state index in [1.807, 2.05) is 31.2 Å². The van der Waals surface area contributed by atoms with Gasteiger partial charge >= 0.3 is 5.97 Å². The maximum atomic E-state index is 11.7. The SMILES string of the molecule is CCOC(=O)C(C)(C)Oc1ccc(CC(C)N)cc1. The topological polar surface area (TPSA) is 61.5 Å². The van der Waals surface area contributed by atoms with Crippen molar-refractivity contribution in [1.82, 2.24) is 0 Å². The second-order valence-electron chi connectivity index (χ2n) is 5.16. The minimum atomic E-state index is -0.987. The van der Waals surface area contributed by atoms with Crippen molar-refractivity contribution in [3.8, 4) is 5.75 Å². The average Bonchev–Trinajstić information content (AvgIpc) is 2.31. The molecule has 1 aromatic carbocycles. The van der Waals surface area contributed by atoms with E-state index in [0.29, 0.717) is 12.4 Å². The molecule has 1 aromatic rings. The molecule has 1 rings (SSSR count). The van der Waals surface area contributed by atoms with Crippen molar-refractivity contribution in [1.29, 1.82) is 0 Å². The lowest BCUT2D eigenvalue weighted by molar-refractivity contribution is -0.158. The molecular weight excluding hydrogens is 242 g/mol. The van der Waals surface area contributed by atoms with Crippen LogP contribution in [0.15, 0.2) is 24.3 Å². The normalized spacial score (nSPS) is 12.9. The first-order chi connectivity index (χ1) is 8.85. The molecule has 106 valence electrons. The van der Waals surface area contributed by atoms with Gasteiger partial charge in [0, 0.05) is 6.04 Å². The van der Waals surface area contributed by atoms with Crippen LogP contribution in [0.2, 0.25) is 0 Å². The molecule has 0 amide bonds. The van der Waals surface area contributed by atoms with Gasteiger partial charge in [0.05, 0.1) is 6.61 Å². The molecule has 0 aliphatic rings. The fraction of sp³-hybridized carbons (Fsp3) is 0.533. The quantitative estimate of drug-likeness (QED) is 0.802. The lowest BCUT2D eigenvalue weighted by Crippen LogP contribution is -2.39. The molecule has 1 atom stereocenters. The highest BCUT2D eigenvalue weighted by molar-refractivity contribution is 5.79. The van der Waals surface area contributed by atoms with Crippen LogP contribution in [0.3, 0.4) is 0 Å². The van der Waals surface area contributed by atoms with Crippen molar-refractivity contribution in [3.63, 3.8) is 0 Å². The Labute approximate surface area is 114 Å². The van der Waals surface area contributed by atoms with Gasteiger partial charge in [0.15, 0.2) is 5.60 Å². The van der Waals surface area contributed by atoms with Gasteiger partial charge in [-0.3, -0.25) is 0 Å². The molecule has 0 heterocycles.